The molecule has 0 amide bonds. The van der Waals surface area contributed by atoms with Gasteiger partial charge < -0.3 is 10.8 Å². The van der Waals surface area contributed by atoms with E-state index in [2.05, 4.69) is 20.8 Å². The summed E-state index contributed by atoms with van der Waals surface area (Å²) in [6, 6.07) is 0. The first-order valence-corrected chi connectivity index (χ1v) is 5.44. The summed E-state index contributed by atoms with van der Waals surface area (Å²) in [5.41, 5.74) is 5.71. The van der Waals surface area contributed by atoms with Crippen molar-refractivity contribution in [2.75, 3.05) is 13.2 Å². The molecule has 0 radical (unpaired) electrons. The summed E-state index contributed by atoms with van der Waals surface area (Å²) in [7, 11) is 0. The van der Waals surface area contributed by atoms with E-state index in [1.54, 1.807) is 0 Å². The van der Waals surface area contributed by atoms with Crippen LogP contribution in [0.3, 0.4) is 0 Å². The summed E-state index contributed by atoms with van der Waals surface area (Å²) in [4.78, 5) is 0. The molecule has 2 heteroatoms. The highest BCUT2D eigenvalue weighted by atomic mass is 16.3. The van der Waals surface area contributed by atoms with E-state index in [1.807, 2.05) is 0 Å². The maximum Gasteiger partial charge on any atom is 0.0501 e. The first-order valence-electron chi connectivity index (χ1n) is 5.44. The van der Waals surface area contributed by atoms with Crippen molar-refractivity contribution in [3.05, 3.63) is 0 Å². The SMILES string of the molecule is CCCCCC(CN)(CO)C(C)C. The van der Waals surface area contributed by atoms with E-state index in [9.17, 15) is 5.11 Å². The first-order chi connectivity index (χ1) is 6.13. The molecule has 0 aliphatic heterocycles. The Morgan fingerprint density at radius 3 is 2.23 bits per heavy atom. The van der Waals surface area contributed by atoms with E-state index in [4.69, 9.17) is 5.73 Å². The highest BCUT2D eigenvalue weighted by molar-refractivity contribution is 4.82. The Morgan fingerprint density at radius 2 is 1.92 bits per heavy atom. The van der Waals surface area contributed by atoms with Gasteiger partial charge in [-0.15, -0.1) is 0 Å². The van der Waals surface area contributed by atoms with Gasteiger partial charge in [0.25, 0.3) is 0 Å². The summed E-state index contributed by atoms with van der Waals surface area (Å²) in [5, 5.41) is 9.37. The zero-order valence-corrected chi connectivity index (χ0v) is 9.34. The number of hydrogen-bond donors (Lipinski definition) is 2. The minimum atomic E-state index is -0.0326. The van der Waals surface area contributed by atoms with Gasteiger partial charge in [-0.25, -0.2) is 0 Å². The second-order valence-electron chi connectivity index (χ2n) is 4.34. The Hall–Kier alpha value is -0.0800. The average molecular weight is 187 g/mol. The van der Waals surface area contributed by atoms with Crippen LogP contribution in [0, 0.1) is 11.3 Å². The number of hydrogen-bond acceptors (Lipinski definition) is 2. The van der Waals surface area contributed by atoms with Gasteiger partial charge in [-0.05, 0) is 12.3 Å². The molecule has 1 atom stereocenters. The van der Waals surface area contributed by atoms with Crippen molar-refractivity contribution in [1.29, 1.82) is 0 Å². The fraction of sp³-hybridized carbons (Fsp3) is 1.00. The molecule has 0 aromatic rings. The zero-order chi connectivity index (χ0) is 10.3. The fourth-order valence-electron chi connectivity index (χ4n) is 1.68. The van der Waals surface area contributed by atoms with Crippen LogP contribution in [0.4, 0.5) is 0 Å². The standard InChI is InChI=1S/C11H25NO/c1-4-5-6-7-11(8-12,9-13)10(2)3/h10,13H,4-9,12H2,1-3H3. The smallest absolute Gasteiger partial charge is 0.0501 e. The van der Waals surface area contributed by atoms with Gasteiger partial charge in [-0.3, -0.25) is 0 Å². The molecule has 0 heterocycles. The van der Waals surface area contributed by atoms with E-state index in [1.165, 1.54) is 19.3 Å². The molecule has 2 nitrogen and oxygen atoms in total. The summed E-state index contributed by atoms with van der Waals surface area (Å²) >= 11 is 0. The van der Waals surface area contributed by atoms with Crippen molar-refractivity contribution >= 4 is 0 Å². The van der Waals surface area contributed by atoms with E-state index in [0.29, 0.717) is 12.5 Å². The Labute approximate surface area is 82.5 Å². The summed E-state index contributed by atoms with van der Waals surface area (Å²) in [5.74, 6) is 0.472. The highest BCUT2D eigenvalue weighted by Gasteiger charge is 2.30. The molecule has 0 fully saturated rings. The molecule has 80 valence electrons. The lowest BCUT2D eigenvalue weighted by Crippen LogP contribution is -2.39. The first kappa shape index (κ1) is 12.9. The molecule has 0 aliphatic carbocycles. The molecular weight excluding hydrogens is 162 g/mol. The van der Waals surface area contributed by atoms with Gasteiger partial charge >= 0.3 is 0 Å². The highest BCUT2D eigenvalue weighted by Crippen LogP contribution is 2.31. The molecule has 0 saturated heterocycles. The van der Waals surface area contributed by atoms with Gasteiger partial charge in [0.2, 0.25) is 0 Å². The van der Waals surface area contributed by atoms with Crippen LogP contribution in [0.5, 0.6) is 0 Å². The van der Waals surface area contributed by atoms with Crippen LogP contribution in [0.15, 0.2) is 0 Å². The van der Waals surface area contributed by atoms with Gasteiger partial charge in [0.05, 0.1) is 6.61 Å². The number of unbranched alkanes of at least 4 members (excludes halogenated alkanes) is 2. The van der Waals surface area contributed by atoms with Gasteiger partial charge in [-0.2, -0.15) is 0 Å². The molecule has 0 aromatic carbocycles. The lowest BCUT2D eigenvalue weighted by Gasteiger charge is -2.34. The molecule has 13 heavy (non-hydrogen) atoms. The van der Waals surface area contributed by atoms with Gasteiger partial charge in [0.15, 0.2) is 0 Å². The Morgan fingerprint density at radius 1 is 1.31 bits per heavy atom. The third-order valence-corrected chi connectivity index (χ3v) is 3.22. The maximum absolute atomic E-state index is 9.37. The predicted octanol–water partition coefficient (Wildman–Crippen LogP) is 2.16. The van der Waals surface area contributed by atoms with Crippen LogP contribution < -0.4 is 5.73 Å². The Balaban J connectivity index is 4.06. The molecule has 1 unspecified atom stereocenters. The zero-order valence-electron chi connectivity index (χ0n) is 9.34. The quantitative estimate of drug-likeness (QED) is 0.600. The second-order valence-corrected chi connectivity index (χ2v) is 4.34. The van der Waals surface area contributed by atoms with Crippen molar-refractivity contribution in [2.45, 2.75) is 46.5 Å². The Kier molecular flexibility index (Phi) is 6.35. The Bertz CT molecular complexity index is 119. The topological polar surface area (TPSA) is 46.2 Å². The van der Waals surface area contributed by atoms with Gasteiger partial charge in [-0.1, -0.05) is 40.0 Å². The molecule has 0 saturated carbocycles. The minimum Gasteiger partial charge on any atom is -0.396 e. The minimum absolute atomic E-state index is 0.0326. The number of nitrogens with two attached hydrogens (primary N) is 1. The van der Waals surface area contributed by atoms with Crippen LogP contribution >= 0.6 is 0 Å². The summed E-state index contributed by atoms with van der Waals surface area (Å²) in [6.45, 7) is 7.32. The van der Waals surface area contributed by atoms with Crippen LogP contribution in [-0.4, -0.2) is 18.3 Å². The monoisotopic (exact) mass is 187 g/mol. The maximum atomic E-state index is 9.37. The molecule has 0 bridgehead atoms. The van der Waals surface area contributed by atoms with E-state index < -0.39 is 0 Å². The molecule has 0 rings (SSSR count). The predicted molar refractivity (Wildman–Crippen MR) is 57.6 cm³/mol. The lowest BCUT2D eigenvalue weighted by molar-refractivity contribution is 0.0723. The van der Waals surface area contributed by atoms with Crippen molar-refractivity contribution in [2.24, 2.45) is 17.1 Å². The van der Waals surface area contributed by atoms with Crippen LogP contribution in [0.1, 0.15) is 46.5 Å². The second kappa shape index (κ2) is 6.39. The van der Waals surface area contributed by atoms with Crippen LogP contribution in [-0.2, 0) is 0 Å². The van der Waals surface area contributed by atoms with E-state index in [-0.39, 0.29) is 12.0 Å². The van der Waals surface area contributed by atoms with Crippen molar-refractivity contribution in [3.8, 4) is 0 Å². The molecule has 3 N–H and O–H groups in total. The van der Waals surface area contributed by atoms with Gasteiger partial charge in [0, 0.05) is 12.0 Å². The lowest BCUT2D eigenvalue weighted by atomic mass is 9.74. The van der Waals surface area contributed by atoms with Crippen molar-refractivity contribution in [3.63, 3.8) is 0 Å². The normalized spacial score (nSPS) is 16.2. The fourth-order valence-corrected chi connectivity index (χ4v) is 1.68. The third kappa shape index (κ3) is 3.65. The van der Waals surface area contributed by atoms with Gasteiger partial charge in [0.1, 0.15) is 0 Å². The van der Waals surface area contributed by atoms with Crippen molar-refractivity contribution in [1.82, 2.24) is 0 Å². The number of aliphatic hydroxyl groups is 1. The van der Waals surface area contributed by atoms with E-state index >= 15 is 0 Å². The average Bonchev–Trinajstić information content (AvgIpc) is 2.13. The molecule has 0 aromatic heterocycles. The number of rotatable bonds is 7. The van der Waals surface area contributed by atoms with Crippen LogP contribution in [0.25, 0.3) is 0 Å². The number of aliphatic hydroxyl groups excluding tert-OH is 1. The van der Waals surface area contributed by atoms with Crippen molar-refractivity contribution < 1.29 is 5.11 Å². The molecule has 0 spiro atoms. The van der Waals surface area contributed by atoms with E-state index in [0.717, 1.165) is 6.42 Å². The largest absolute Gasteiger partial charge is 0.396 e. The summed E-state index contributed by atoms with van der Waals surface area (Å²) < 4.78 is 0. The molecular formula is C11H25NO. The van der Waals surface area contributed by atoms with Crippen LogP contribution in [0.2, 0.25) is 0 Å². The molecule has 0 aliphatic rings. The third-order valence-electron chi connectivity index (χ3n) is 3.22. The summed E-state index contributed by atoms with van der Waals surface area (Å²) in [6.07, 6.45) is 4.72.